The third-order valence-corrected chi connectivity index (χ3v) is 6.18. The van der Waals surface area contributed by atoms with Gasteiger partial charge in [-0.25, -0.2) is 14.8 Å². The van der Waals surface area contributed by atoms with Gasteiger partial charge in [0.1, 0.15) is 11.4 Å². The molecular weight excluding hydrogens is 476 g/mol. The molecule has 0 aliphatic carbocycles. The van der Waals surface area contributed by atoms with Crippen molar-refractivity contribution < 1.29 is 14.3 Å². The Morgan fingerprint density at radius 3 is 2.72 bits per heavy atom. The van der Waals surface area contributed by atoms with Crippen LogP contribution in [0, 0.1) is 0 Å². The second kappa shape index (κ2) is 8.57. The summed E-state index contributed by atoms with van der Waals surface area (Å²) < 4.78 is 13.0. The van der Waals surface area contributed by atoms with Crippen LogP contribution in [0.5, 0.6) is 5.88 Å². The Morgan fingerprint density at radius 1 is 1.28 bits per heavy atom. The molecule has 0 spiro atoms. The molecule has 3 aromatic rings. The number of ether oxygens (including phenoxy) is 2. The normalized spacial score (nSPS) is 16.9. The average Bonchev–Trinajstić information content (AvgIpc) is 3.19. The first-order valence-electron chi connectivity index (χ1n) is 10.5. The van der Waals surface area contributed by atoms with Crippen molar-refractivity contribution in [3.8, 4) is 17.0 Å². The fourth-order valence-corrected chi connectivity index (χ4v) is 4.42. The molecule has 32 heavy (non-hydrogen) atoms. The molecule has 1 unspecified atom stereocenters. The number of piperidine rings is 1. The van der Waals surface area contributed by atoms with Crippen LogP contribution in [0.3, 0.4) is 0 Å². The molecular formula is C22H27BrN6O3. The van der Waals surface area contributed by atoms with Gasteiger partial charge in [0.2, 0.25) is 5.88 Å². The van der Waals surface area contributed by atoms with Crippen molar-refractivity contribution >= 4 is 33.5 Å². The molecule has 1 fully saturated rings. The number of nitrogen functional groups attached to an aromatic ring is 1. The summed E-state index contributed by atoms with van der Waals surface area (Å²) in [5.74, 6) is 1.02. The predicted octanol–water partition coefficient (Wildman–Crippen LogP) is 4.26. The van der Waals surface area contributed by atoms with Gasteiger partial charge in [-0.1, -0.05) is 0 Å². The number of methoxy groups -OCH3 is 1. The van der Waals surface area contributed by atoms with E-state index in [1.807, 2.05) is 26.8 Å². The van der Waals surface area contributed by atoms with Gasteiger partial charge < -0.3 is 20.1 Å². The summed E-state index contributed by atoms with van der Waals surface area (Å²) in [6.07, 6.45) is 4.90. The van der Waals surface area contributed by atoms with Gasteiger partial charge in [0.05, 0.1) is 23.5 Å². The first-order valence-corrected chi connectivity index (χ1v) is 11.3. The van der Waals surface area contributed by atoms with Crippen molar-refractivity contribution in [1.82, 2.24) is 24.5 Å². The maximum Gasteiger partial charge on any atom is 0.410 e. The lowest BCUT2D eigenvalue weighted by Crippen LogP contribution is -2.42. The Morgan fingerprint density at radius 2 is 2.06 bits per heavy atom. The number of fused-ring (bicyclic) bond motifs is 1. The minimum atomic E-state index is -0.537. The molecule has 1 aliphatic rings. The number of carbonyl (C=O) groups is 1. The highest BCUT2D eigenvalue weighted by molar-refractivity contribution is 9.10. The SMILES string of the molecule is COc1ccc(-c2cnn3c(N)c(Br)c(C4CCCN(C(=O)OC(C)(C)C)C4)nc23)cn1. The van der Waals surface area contributed by atoms with Crippen LogP contribution < -0.4 is 10.5 Å². The highest BCUT2D eigenvalue weighted by Crippen LogP contribution is 2.36. The molecule has 3 aromatic heterocycles. The van der Waals surface area contributed by atoms with E-state index in [-0.39, 0.29) is 12.0 Å². The molecule has 1 saturated heterocycles. The number of nitrogens with two attached hydrogens (primary N) is 1. The number of anilines is 1. The zero-order chi connectivity index (χ0) is 23.0. The highest BCUT2D eigenvalue weighted by Gasteiger charge is 2.31. The number of pyridine rings is 1. The summed E-state index contributed by atoms with van der Waals surface area (Å²) in [4.78, 5) is 23.6. The van der Waals surface area contributed by atoms with E-state index >= 15 is 0 Å². The van der Waals surface area contributed by atoms with Gasteiger partial charge in [0.25, 0.3) is 0 Å². The second-order valence-corrected chi connectivity index (χ2v) is 9.64. The Balaban J connectivity index is 1.69. The number of amides is 1. The zero-order valence-corrected chi connectivity index (χ0v) is 20.2. The first-order chi connectivity index (χ1) is 15.2. The fourth-order valence-electron chi connectivity index (χ4n) is 3.84. The van der Waals surface area contributed by atoms with Crippen molar-refractivity contribution in [2.75, 3.05) is 25.9 Å². The van der Waals surface area contributed by atoms with E-state index in [0.717, 1.165) is 29.7 Å². The Labute approximate surface area is 195 Å². The van der Waals surface area contributed by atoms with Gasteiger partial charge in [-0.15, -0.1) is 0 Å². The van der Waals surface area contributed by atoms with Crippen molar-refractivity contribution in [2.45, 2.75) is 45.1 Å². The van der Waals surface area contributed by atoms with Gasteiger partial charge in [-0.05, 0) is 55.6 Å². The lowest BCUT2D eigenvalue weighted by Gasteiger charge is -2.34. The first kappa shape index (κ1) is 22.3. The molecule has 4 heterocycles. The van der Waals surface area contributed by atoms with Crippen LogP contribution in [0.2, 0.25) is 0 Å². The maximum absolute atomic E-state index is 12.6. The van der Waals surface area contributed by atoms with Crippen molar-refractivity contribution in [3.63, 3.8) is 0 Å². The molecule has 4 rings (SSSR count). The van der Waals surface area contributed by atoms with Crippen molar-refractivity contribution in [3.05, 3.63) is 34.7 Å². The smallest absolute Gasteiger partial charge is 0.410 e. The molecule has 0 bridgehead atoms. The number of nitrogens with zero attached hydrogens (tertiary/aromatic N) is 5. The third kappa shape index (κ3) is 4.36. The van der Waals surface area contributed by atoms with Crippen LogP contribution >= 0.6 is 15.9 Å². The van der Waals surface area contributed by atoms with Crippen molar-refractivity contribution in [1.29, 1.82) is 0 Å². The molecule has 1 aliphatic heterocycles. The molecule has 9 nitrogen and oxygen atoms in total. The summed E-state index contributed by atoms with van der Waals surface area (Å²) in [6, 6.07) is 3.70. The Kier molecular flexibility index (Phi) is 5.98. The lowest BCUT2D eigenvalue weighted by atomic mass is 9.94. The summed E-state index contributed by atoms with van der Waals surface area (Å²) in [5.41, 5.74) is 9.01. The van der Waals surface area contributed by atoms with E-state index in [9.17, 15) is 4.79 Å². The van der Waals surface area contributed by atoms with Crippen LogP contribution in [-0.2, 0) is 4.74 Å². The lowest BCUT2D eigenvalue weighted by molar-refractivity contribution is 0.0197. The molecule has 170 valence electrons. The Hall–Kier alpha value is -2.88. The van der Waals surface area contributed by atoms with Crippen LogP contribution in [-0.4, -0.2) is 56.4 Å². The van der Waals surface area contributed by atoms with E-state index in [2.05, 4.69) is 26.0 Å². The van der Waals surface area contributed by atoms with E-state index in [1.54, 1.807) is 35.0 Å². The van der Waals surface area contributed by atoms with Crippen molar-refractivity contribution in [2.24, 2.45) is 0 Å². The Bertz CT molecular complexity index is 1140. The fraction of sp³-hybridized carbons (Fsp3) is 0.455. The molecule has 0 saturated carbocycles. The number of carbonyl (C=O) groups excluding carboxylic acids is 1. The predicted molar refractivity (Wildman–Crippen MR) is 125 cm³/mol. The largest absolute Gasteiger partial charge is 0.481 e. The minimum Gasteiger partial charge on any atom is -0.481 e. The third-order valence-electron chi connectivity index (χ3n) is 5.36. The molecule has 1 atom stereocenters. The van der Waals surface area contributed by atoms with Gasteiger partial charge >= 0.3 is 6.09 Å². The van der Waals surface area contributed by atoms with E-state index < -0.39 is 5.60 Å². The number of aromatic nitrogens is 4. The van der Waals surface area contributed by atoms with Crippen LogP contribution in [0.1, 0.15) is 45.2 Å². The van der Waals surface area contributed by atoms with Crippen LogP contribution in [0.25, 0.3) is 16.8 Å². The minimum absolute atomic E-state index is 0.0229. The van der Waals surface area contributed by atoms with Gasteiger partial charge in [-0.3, -0.25) is 0 Å². The van der Waals surface area contributed by atoms with Gasteiger partial charge in [0.15, 0.2) is 5.65 Å². The molecule has 0 aromatic carbocycles. The quantitative estimate of drug-likeness (QED) is 0.569. The molecule has 10 heteroatoms. The summed E-state index contributed by atoms with van der Waals surface area (Å²) in [7, 11) is 1.58. The number of halogens is 1. The molecule has 0 radical (unpaired) electrons. The van der Waals surface area contributed by atoms with Crippen LogP contribution in [0.15, 0.2) is 29.0 Å². The van der Waals surface area contributed by atoms with Crippen LogP contribution in [0.4, 0.5) is 10.6 Å². The summed E-state index contributed by atoms with van der Waals surface area (Å²) in [6.45, 7) is 6.79. The monoisotopic (exact) mass is 502 g/mol. The standard InChI is InChI=1S/C22H27BrN6O3/c1-22(2,3)32-21(30)28-9-5-6-14(12-28)18-17(23)19(24)29-20(27-18)15(11-26-29)13-7-8-16(31-4)25-10-13/h7-8,10-11,14H,5-6,9,12,24H2,1-4H3. The molecule has 2 N–H and O–H groups in total. The number of hydrogen-bond acceptors (Lipinski definition) is 7. The maximum atomic E-state index is 12.6. The summed E-state index contributed by atoms with van der Waals surface area (Å²) in [5, 5.41) is 4.42. The van der Waals surface area contributed by atoms with E-state index in [1.165, 1.54) is 0 Å². The molecule has 1 amide bonds. The summed E-state index contributed by atoms with van der Waals surface area (Å²) >= 11 is 3.62. The highest BCUT2D eigenvalue weighted by atomic mass is 79.9. The zero-order valence-electron chi connectivity index (χ0n) is 18.6. The number of likely N-dealkylation sites (tertiary alicyclic amines) is 1. The average molecular weight is 503 g/mol. The second-order valence-electron chi connectivity index (χ2n) is 8.84. The number of rotatable bonds is 3. The van der Waals surface area contributed by atoms with Gasteiger partial charge in [0, 0.05) is 42.4 Å². The topological polar surface area (TPSA) is 108 Å². The van der Waals surface area contributed by atoms with Gasteiger partial charge in [-0.2, -0.15) is 9.61 Å². The van der Waals surface area contributed by atoms with E-state index in [0.29, 0.717) is 34.9 Å². The van der Waals surface area contributed by atoms with E-state index in [4.69, 9.17) is 20.2 Å². The number of hydrogen-bond donors (Lipinski definition) is 1.